The Hall–Kier alpha value is -2.48. The van der Waals surface area contributed by atoms with Crippen LogP contribution >= 0.6 is 23.7 Å². The lowest BCUT2D eigenvalue weighted by atomic mass is 10.1. The Balaban J connectivity index is 0.00000256. The van der Waals surface area contributed by atoms with Gasteiger partial charge >= 0.3 is 0 Å². The molecule has 0 bridgehead atoms. The number of halogens is 1. The standard InChI is InChI=1S/C22H25N5OS.ClH/c1-14-12-15(2)19-17(13-14)29-22(24-19)27(11-10-25(4)5)21(28)20-16(3)23-18-8-6-7-9-26(18)20;/h6-9,12-13H,10-11H2,1-5H3;1H. The number of anilines is 1. The van der Waals surface area contributed by atoms with E-state index in [4.69, 9.17) is 4.98 Å². The van der Waals surface area contributed by atoms with Gasteiger partial charge in [-0.1, -0.05) is 23.5 Å². The van der Waals surface area contributed by atoms with Crippen molar-refractivity contribution in [2.24, 2.45) is 0 Å². The number of amides is 1. The van der Waals surface area contributed by atoms with Crippen molar-refractivity contribution in [2.75, 3.05) is 32.1 Å². The van der Waals surface area contributed by atoms with Gasteiger partial charge in [0.25, 0.3) is 5.91 Å². The number of hydrogen-bond donors (Lipinski definition) is 0. The summed E-state index contributed by atoms with van der Waals surface area (Å²) >= 11 is 1.57. The second-order valence-corrected chi connectivity index (χ2v) is 8.67. The summed E-state index contributed by atoms with van der Waals surface area (Å²) in [6.07, 6.45) is 1.89. The number of likely N-dealkylation sites (N-methyl/N-ethyl adjacent to an activating group) is 1. The minimum atomic E-state index is -0.0727. The third-order valence-corrected chi connectivity index (χ3v) is 6.00. The summed E-state index contributed by atoms with van der Waals surface area (Å²) in [6.45, 7) is 7.34. The second kappa shape index (κ2) is 8.71. The predicted molar refractivity (Wildman–Crippen MR) is 127 cm³/mol. The molecule has 3 aromatic heterocycles. The average Bonchev–Trinajstić information content (AvgIpc) is 3.21. The summed E-state index contributed by atoms with van der Waals surface area (Å²) in [4.78, 5) is 27.0. The van der Waals surface area contributed by atoms with E-state index >= 15 is 0 Å². The Bertz CT molecular complexity index is 1210. The summed E-state index contributed by atoms with van der Waals surface area (Å²) in [6, 6.07) is 10.0. The Morgan fingerprint density at radius 3 is 2.60 bits per heavy atom. The highest BCUT2D eigenvalue weighted by atomic mass is 35.5. The van der Waals surface area contributed by atoms with Gasteiger partial charge in [-0.05, 0) is 64.2 Å². The highest BCUT2D eigenvalue weighted by Gasteiger charge is 2.26. The largest absolute Gasteiger partial charge is 0.308 e. The lowest BCUT2D eigenvalue weighted by molar-refractivity contribution is 0.0979. The molecule has 0 unspecified atom stereocenters. The van der Waals surface area contributed by atoms with E-state index in [9.17, 15) is 4.79 Å². The summed E-state index contributed by atoms with van der Waals surface area (Å²) in [5.74, 6) is -0.0727. The first kappa shape index (κ1) is 22.2. The third-order valence-electron chi connectivity index (χ3n) is 4.97. The number of imidazole rings is 1. The first-order chi connectivity index (χ1) is 13.8. The van der Waals surface area contributed by atoms with Crippen molar-refractivity contribution in [3.8, 4) is 0 Å². The van der Waals surface area contributed by atoms with Crippen molar-refractivity contribution < 1.29 is 4.79 Å². The van der Waals surface area contributed by atoms with Crippen LogP contribution in [0.5, 0.6) is 0 Å². The van der Waals surface area contributed by atoms with Gasteiger partial charge in [-0.2, -0.15) is 0 Å². The number of rotatable bonds is 5. The van der Waals surface area contributed by atoms with Crippen LogP contribution < -0.4 is 4.90 Å². The molecule has 158 valence electrons. The number of fused-ring (bicyclic) bond motifs is 2. The Labute approximate surface area is 186 Å². The zero-order valence-corrected chi connectivity index (χ0v) is 19.5. The van der Waals surface area contributed by atoms with Crippen molar-refractivity contribution in [1.29, 1.82) is 0 Å². The van der Waals surface area contributed by atoms with E-state index < -0.39 is 0 Å². The molecule has 0 aliphatic heterocycles. The molecule has 0 atom stereocenters. The molecule has 0 N–H and O–H groups in total. The van der Waals surface area contributed by atoms with Crippen LogP contribution in [0, 0.1) is 20.8 Å². The van der Waals surface area contributed by atoms with Gasteiger partial charge in [-0.15, -0.1) is 12.4 Å². The van der Waals surface area contributed by atoms with E-state index in [1.165, 1.54) is 5.56 Å². The van der Waals surface area contributed by atoms with E-state index in [0.29, 0.717) is 12.2 Å². The van der Waals surface area contributed by atoms with Gasteiger partial charge in [0, 0.05) is 19.3 Å². The number of thiazole rings is 1. The van der Waals surface area contributed by atoms with E-state index in [1.54, 1.807) is 16.2 Å². The summed E-state index contributed by atoms with van der Waals surface area (Å²) < 4.78 is 2.97. The highest BCUT2D eigenvalue weighted by molar-refractivity contribution is 7.22. The number of aryl methyl sites for hydroxylation is 3. The molecule has 1 amide bonds. The van der Waals surface area contributed by atoms with Gasteiger partial charge in [-0.25, -0.2) is 9.97 Å². The van der Waals surface area contributed by atoms with Crippen molar-refractivity contribution in [3.05, 3.63) is 59.0 Å². The minimum absolute atomic E-state index is 0. The van der Waals surface area contributed by atoms with Crippen LogP contribution in [0.2, 0.25) is 0 Å². The van der Waals surface area contributed by atoms with Crippen LogP contribution in [-0.4, -0.2) is 52.4 Å². The molecule has 0 saturated heterocycles. The van der Waals surface area contributed by atoms with Gasteiger partial charge in [0.05, 0.1) is 15.9 Å². The normalized spacial score (nSPS) is 11.3. The van der Waals surface area contributed by atoms with E-state index in [1.807, 2.05) is 49.8 Å². The van der Waals surface area contributed by atoms with E-state index in [2.05, 4.69) is 35.9 Å². The fourth-order valence-electron chi connectivity index (χ4n) is 3.56. The molecule has 6 nitrogen and oxygen atoms in total. The number of carbonyl (C=O) groups is 1. The fraction of sp³-hybridized carbons (Fsp3) is 0.318. The number of benzene rings is 1. The lowest BCUT2D eigenvalue weighted by Gasteiger charge is -2.22. The number of carbonyl (C=O) groups excluding carboxylic acids is 1. The van der Waals surface area contributed by atoms with Crippen LogP contribution in [0.15, 0.2) is 36.5 Å². The van der Waals surface area contributed by atoms with Crippen LogP contribution in [0.1, 0.15) is 27.3 Å². The average molecular weight is 444 g/mol. The molecule has 0 spiro atoms. The van der Waals surface area contributed by atoms with Gasteiger partial charge in [0.15, 0.2) is 5.13 Å². The van der Waals surface area contributed by atoms with Crippen LogP contribution in [0.4, 0.5) is 5.13 Å². The lowest BCUT2D eigenvalue weighted by Crippen LogP contribution is -2.37. The molecule has 8 heteroatoms. The van der Waals surface area contributed by atoms with Crippen LogP contribution in [0.25, 0.3) is 15.9 Å². The molecular formula is C22H26ClN5OS. The second-order valence-electron chi connectivity index (χ2n) is 7.66. The zero-order chi connectivity index (χ0) is 20.7. The van der Waals surface area contributed by atoms with Crippen molar-refractivity contribution in [3.63, 3.8) is 0 Å². The third kappa shape index (κ3) is 4.05. The van der Waals surface area contributed by atoms with E-state index in [-0.39, 0.29) is 18.3 Å². The SMILES string of the molecule is Cc1cc(C)c2nc(N(CCN(C)C)C(=O)c3c(C)nc4ccccn34)sc2c1.Cl. The van der Waals surface area contributed by atoms with Gasteiger partial charge in [-0.3, -0.25) is 14.1 Å². The summed E-state index contributed by atoms with van der Waals surface area (Å²) in [5, 5.41) is 0.728. The maximum atomic E-state index is 13.7. The molecule has 3 heterocycles. The number of aromatic nitrogens is 3. The molecule has 0 saturated carbocycles. The molecule has 0 fully saturated rings. The Kier molecular flexibility index (Phi) is 6.45. The van der Waals surface area contributed by atoms with Crippen LogP contribution in [0.3, 0.4) is 0 Å². The van der Waals surface area contributed by atoms with Crippen molar-refractivity contribution >= 4 is 50.6 Å². The first-order valence-corrected chi connectivity index (χ1v) is 10.4. The molecule has 4 aromatic rings. The zero-order valence-electron chi connectivity index (χ0n) is 17.8. The molecule has 0 radical (unpaired) electrons. The Morgan fingerprint density at radius 2 is 1.87 bits per heavy atom. The summed E-state index contributed by atoms with van der Waals surface area (Å²) in [5.41, 5.74) is 5.39. The van der Waals surface area contributed by atoms with Gasteiger partial charge in [0.1, 0.15) is 11.3 Å². The topological polar surface area (TPSA) is 53.7 Å². The smallest absolute Gasteiger partial charge is 0.279 e. The highest BCUT2D eigenvalue weighted by Crippen LogP contribution is 2.32. The van der Waals surface area contributed by atoms with Gasteiger partial charge in [0.2, 0.25) is 0 Å². The predicted octanol–water partition coefficient (Wildman–Crippen LogP) is 4.50. The van der Waals surface area contributed by atoms with Crippen LogP contribution in [-0.2, 0) is 0 Å². The fourth-order valence-corrected chi connectivity index (χ4v) is 4.72. The molecule has 30 heavy (non-hydrogen) atoms. The maximum absolute atomic E-state index is 13.7. The van der Waals surface area contributed by atoms with Crippen molar-refractivity contribution in [1.82, 2.24) is 19.3 Å². The van der Waals surface area contributed by atoms with Crippen molar-refractivity contribution in [2.45, 2.75) is 20.8 Å². The first-order valence-electron chi connectivity index (χ1n) is 9.63. The molecule has 4 rings (SSSR count). The molecule has 1 aromatic carbocycles. The van der Waals surface area contributed by atoms with E-state index in [0.717, 1.165) is 38.8 Å². The number of pyridine rings is 1. The quantitative estimate of drug-likeness (QED) is 0.455. The molecular weight excluding hydrogens is 418 g/mol. The maximum Gasteiger partial charge on any atom is 0.279 e. The number of hydrogen-bond acceptors (Lipinski definition) is 5. The van der Waals surface area contributed by atoms with Gasteiger partial charge < -0.3 is 4.90 Å². The molecule has 0 aliphatic carbocycles. The Morgan fingerprint density at radius 1 is 1.10 bits per heavy atom. The summed E-state index contributed by atoms with van der Waals surface area (Å²) in [7, 11) is 4.02. The minimum Gasteiger partial charge on any atom is -0.308 e. The monoisotopic (exact) mass is 443 g/mol. The number of nitrogens with zero attached hydrogens (tertiary/aromatic N) is 5. The molecule has 0 aliphatic rings.